The molecule has 0 radical (unpaired) electrons. The van der Waals surface area contributed by atoms with Gasteiger partial charge in [-0.05, 0) is 23.9 Å². The molecule has 1 nitrogen and oxygen atoms in total. The summed E-state index contributed by atoms with van der Waals surface area (Å²) in [5.74, 6) is -0.624. The van der Waals surface area contributed by atoms with E-state index in [2.05, 4.69) is 0 Å². The first-order chi connectivity index (χ1) is 6.92. The largest absolute Gasteiger partial charge is 0.446 e. The molecule has 0 amide bonds. The fourth-order valence-electron chi connectivity index (χ4n) is 0.944. The number of Topliss-reactive ketones (excluding diaryl/α,β-unsaturated/α-hetero) is 1. The maximum atomic E-state index is 12.0. The molecule has 0 saturated heterocycles. The molecular formula is C9H6ClF3OS. The van der Waals surface area contributed by atoms with Crippen molar-refractivity contribution >= 4 is 29.1 Å². The molecule has 1 rings (SSSR count). The quantitative estimate of drug-likeness (QED) is 0.465. The second-order valence-electron chi connectivity index (χ2n) is 2.63. The molecule has 1 aromatic carbocycles. The summed E-state index contributed by atoms with van der Waals surface area (Å²) in [6, 6.07) is 5.31. The number of ketones is 1. The molecule has 0 atom stereocenters. The van der Waals surface area contributed by atoms with Gasteiger partial charge in [0.2, 0.25) is 0 Å². The van der Waals surface area contributed by atoms with Crippen LogP contribution < -0.4 is 0 Å². The van der Waals surface area contributed by atoms with Gasteiger partial charge in [0.25, 0.3) is 0 Å². The van der Waals surface area contributed by atoms with Crippen molar-refractivity contribution in [2.75, 3.05) is 5.88 Å². The van der Waals surface area contributed by atoms with Crippen molar-refractivity contribution in [3.05, 3.63) is 29.8 Å². The van der Waals surface area contributed by atoms with Crippen LogP contribution in [0.25, 0.3) is 0 Å². The third-order valence-corrected chi connectivity index (χ3v) is 2.47. The zero-order valence-corrected chi connectivity index (χ0v) is 8.92. The van der Waals surface area contributed by atoms with Crippen LogP contribution in [0.1, 0.15) is 10.4 Å². The van der Waals surface area contributed by atoms with E-state index in [4.69, 9.17) is 11.6 Å². The lowest BCUT2D eigenvalue weighted by Crippen LogP contribution is -2.02. The molecule has 6 heteroatoms. The van der Waals surface area contributed by atoms with Crippen LogP contribution in [0.2, 0.25) is 0 Å². The first kappa shape index (κ1) is 12.4. The molecule has 0 N–H and O–H groups in total. The molecule has 0 saturated carbocycles. The highest BCUT2D eigenvalue weighted by Gasteiger charge is 2.29. The highest BCUT2D eigenvalue weighted by Crippen LogP contribution is 2.36. The molecule has 1 aromatic rings. The topological polar surface area (TPSA) is 17.1 Å². The normalized spacial score (nSPS) is 11.5. The van der Waals surface area contributed by atoms with Gasteiger partial charge in [0.15, 0.2) is 5.78 Å². The number of alkyl halides is 4. The zero-order valence-electron chi connectivity index (χ0n) is 7.34. The van der Waals surface area contributed by atoms with Gasteiger partial charge in [-0.3, -0.25) is 4.79 Å². The van der Waals surface area contributed by atoms with Crippen molar-refractivity contribution in [1.29, 1.82) is 0 Å². The van der Waals surface area contributed by atoms with Crippen LogP contribution in [-0.2, 0) is 0 Å². The van der Waals surface area contributed by atoms with E-state index in [1.54, 1.807) is 0 Å². The smallest absolute Gasteiger partial charge is 0.293 e. The Morgan fingerprint density at radius 3 is 2.60 bits per heavy atom. The summed E-state index contributed by atoms with van der Waals surface area (Å²) < 4.78 is 36.0. The van der Waals surface area contributed by atoms with Gasteiger partial charge in [0, 0.05) is 10.5 Å². The third kappa shape index (κ3) is 4.13. The van der Waals surface area contributed by atoms with Crippen LogP contribution in [0.3, 0.4) is 0 Å². The van der Waals surface area contributed by atoms with E-state index < -0.39 is 5.51 Å². The Bertz CT molecular complexity index is 365. The molecule has 0 aromatic heterocycles. The summed E-state index contributed by atoms with van der Waals surface area (Å²) in [5, 5.41) is 0. The Morgan fingerprint density at radius 1 is 1.40 bits per heavy atom. The average molecular weight is 255 g/mol. The maximum absolute atomic E-state index is 12.0. The average Bonchev–Trinajstić information content (AvgIpc) is 2.14. The van der Waals surface area contributed by atoms with Crippen molar-refractivity contribution in [3.8, 4) is 0 Å². The van der Waals surface area contributed by atoms with Crippen molar-refractivity contribution in [2.24, 2.45) is 0 Å². The summed E-state index contributed by atoms with van der Waals surface area (Å²) >= 11 is 5.04. The summed E-state index contributed by atoms with van der Waals surface area (Å²) in [4.78, 5) is 11.1. The lowest BCUT2D eigenvalue weighted by molar-refractivity contribution is -0.0328. The van der Waals surface area contributed by atoms with Crippen LogP contribution in [0, 0.1) is 0 Å². The maximum Gasteiger partial charge on any atom is 0.446 e. The second kappa shape index (κ2) is 4.90. The molecule has 82 valence electrons. The van der Waals surface area contributed by atoms with Crippen molar-refractivity contribution in [2.45, 2.75) is 10.4 Å². The predicted molar refractivity (Wildman–Crippen MR) is 53.4 cm³/mol. The number of halogens is 4. The van der Waals surface area contributed by atoms with Gasteiger partial charge >= 0.3 is 5.51 Å². The van der Waals surface area contributed by atoms with E-state index in [1.807, 2.05) is 0 Å². The highest BCUT2D eigenvalue weighted by molar-refractivity contribution is 8.00. The van der Waals surface area contributed by atoms with Gasteiger partial charge in [-0.15, -0.1) is 11.6 Å². The van der Waals surface area contributed by atoms with Gasteiger partial charge in [-0.1, -0.05) is 12.1 Å². The molecule has 15 heavy (non-hydrogen) atoms. The summed E-state index contributed by atoms with van der Waals surface area (Å²) in [6.45, 7) is 0. The number of carbonyl (C=O) groups excluding carboxylic acids is 1. The molecule has 0 aliphatic carbocycles. The van der Waals surface area contributed by atoms with E-state index in [1.165, 1.54) is 24.3 Å². The minimum absolute atomic E-state index is 0.0153. The van der Waals surface area contributed by atoms with E-state index >= 15 is 0 Å². The highest BCUT2D eigenvalue weighted by atomic mass is 35.5. The monoisotopic (exact) mass is 254 g/mol. The Labute approximate surface area is 93.6 Å². The first-order valence-corrected chi connectivity index (χ1v) is 5.22. The van der Waals surface area contributed by atoms with Crippen LogP contribution in [0.5, 0.6) is 0 Å². The second-order valence-corrected chi connectivity index (χ2v) is 4.04. The molecule has 0 spiro atoms. The summed E-state index contributed by atoms with van der Waals surface area (Å²) in [6.07, 6.45) is 0. The Hall–Kier alpha value is -0.680. The lowest BCUT2D eigenvalue weighted by atomic mass is 10.1. The minimum atomic E-state index is -4.34. The van der Waals surface area contributed by atoms with E-state index in [0.717, 1.165) is 0 Å². The number of hydrogen-bond acceptors (Lipinski definition) is 2. The van der Waals surface area contributed by atoms with E-state index in [0.29, 0.717) is 0 Å². The van der Waals surface area contributed by atoms with Crippen LogP contribution in [-0.4, -0.2) is 17.2 Å². The zero-order chi connectivity index (χ0) is 11.5. The lowest BCUT2D eigenvalue weighted by Gasteiger charge is -2.06. The molecule has 0 aliphatic heterocycles. The number of hydrogen-bond donors (Lipinski definition) is 0. The van der Waals surface area contributed by atoms with Gasteiger partial charge < -0.3 is 0 Å². The third-order valence-electron chi connectivity index (χ3n) is 1.51. The molecule has 0 bridgehead atoms. The van der Waals surface area contributed by atoms with Gasteiger partial charge in [-0.25, -0.2) is 0 Å². The van der Waals surface area contributed by atoms with E-state index in [-0.39, 0.29) is 33.9 Å². The number of rotatable bonds is 3. The number of thioether (sulfide) groups is 1. The minimum Gasteiger partial charge on any atom is -0.293 e. The number of benzene rings is 1. The molecular weight excluding hydrogens is 249 g/mol. The van der Waals surface area contributed by atoms with Crippen molar-refractivity contribution in [3.63, 3.8) is 0 Å². The Balaban J connectivity index is 2.88. The Morgan fingerprint density at radius 2 is 2.07 bits per heavy atom. The van der Waals surface area contributed by atoms with Crippen LogP contribution in [0.15, 0.2) is 29.2 Å². The first-order valence-electron chi connectivity index (χ1n) is 3.87. The van der Waals surface area contributed by atoms with Gasteiger partial charge in [0.05, 0.1) is 5.88 Å². The summed E-state index contributed by atoms with van der Waals surface area (Å²) in [7, 11) is 0. The van der Waals surface area contributed by atoms with Crippen LogP contribution in [0.4, 0.5) is 13.2 Å². The molecule has 0 unspecified atom stereocenters. The predicted octanol–water partition coefficient (Wildman–Crippen LogP) is 3.72. The number of carbonyl (C=O) groups is 1. The Kier molecular flexibility index (Phi) is 4.04. The molecule has 0 fully saturated rings. The van der Waals surface area contributed by atoms with Crippen LogP contribution >= 0.6 is 23.4 Å². The van der Waals surface area contributed by atoms with Gasteiger partial charge in [-0.2, -0.15) is 13.2 Å². The summed E-state index contributed by atoms with van der Waals surface area (Å²) in [5.41, 5.74) is -4.15. The molecule has 0 heterocycles. The fraction of sp³-hybridized carbons (Fsp3) is 0.222. The SMILES string of the molecule is O=C(CCl)c1cccc(SC(F)(F)F)c1. The van der Waals surface area contributed by atoms with Gasteiger partial charge in [0.1, 0.15) is 0 Å². The van der Waals surface area contributed by atoms with E-state index in [9.17, 15) is 18.0 Å². The fourth-order valence-corrected chi connectivity index (χ4v) is 1.70. The standard InChI is InChI=1S/C9H6ClF3OS/c10-5-8(14)6-2-1-3-7(4-6)15-9(11,12)13/h1-4H,5H2. The molecule has 0 aliphatic rings. The van der Waals surface area contributed by atoms with Crippen molar-refractivity contribution < 1.29 is 18.0 Å². The van der Waals surface area contributed by atoms with Crippen molar-refractivity contribution in [1.82, 2.24) is 0 Å².